The van der Waals surface area contributed by atoms with E-state index >= 15 is 0 Å². The van der Waals surface area contributed by atoms with Crippen LogP contribution < -0.4 is 10.5 Å². The Kier molecular flexibility index (Phi) is 2.81. The van der Waals surface area contributed by atoms with Gasteiger partial charge in [-0.3, -0.25) is 5.10 Å². The summed E-state index contributed by atoms with van der Waals surface area (Å²) in [4.78, 5) is 0. The summed E-state index contributed by atoms with van der Waals surface area (Å²) in [5.41, 5.74) is 7.79. The molecule has 0 saturated heterocycles. The molecule has 0 aliphatic heterocycles. The third kappa shape index (κ3) is 2.00. The summed E-state index contributed by atoms with van der Waals surface area (Å²) in [5, 5.41) is 6.80. The van der Waals surface area contributed by atoms with E-state index in [0.717, 1.165) is 17.9 Å². The topological polar surface area (TPSA) is 63.9 Å². The zero-order valence-corrected chi connectivity index (χ0v) is 9.45. The zero-order valence-electron chi connectivity index (χ0n) is 9.45. The van der Waals surface area contributed by atoms with Crippen LogP contribution in [0.5, 0.6) is 11.5 Å². The number of hydrogen-bond donors (Lipinski definition) is 2. The molecule has 1 aromatic heterocycles. The first-order valence-corrected chi connectivity index (χ1v) is 5.28. The summed E-state index contributed by atoms with van der Waals surface area (Å²) >= 11 is 0. The summed E-state index contributed by atoms with van der Waals surface area (Å²) in [6, 6.07) is 7.83. The molecule has 2 aromatic rings. The number of nitrogens with zero attached hydrogens (tertiary/aromatic N) is 1. The van der Waals surface area contributed by atoms with E-state index in [0.29, 0.717) is 11.6 Å². The van der Waals surface area contributed by atoms with Crippen LogP contribution in [0.2, 0.25) is 0 Å². The maximum absolute atomic E-state index is 5.75. The van der Waals surface area contributed by atoms with Crippen LogP contribution in [0.15, 0.2) is 24.3 Å². The second kappa shape index (κ2) is 4.26. The number of aromatic nitrogens is 2. The van der Waals surface area contributed by atoms with Crippen molar-refractivity contribution in [3.05, 3.63) is 35.5 Å². The first-order chi connectivity index (χ1) is 7.70. The number of nitrogens with one attached hydrogen (secondary N) is 1. The molecule has 3 N–H and O–H groups in total. The number of rotatable bonds is 3. The second-order valence-corrected chi connectivity index (χ2v) is 3.68. The van der Waals surface area contributed by atoms with Gasteiger partial charge in [0, 0.05) is 0 Å². The van der Waals surface area contributed by atoms with Gasteiger partial charge in [0.15, 0.2) is 11.6 Å². The Hall–Kier alpha value is -1.97. The van der Waals surface area contributed by atoms with Gasteiger partial charge in [0.25, 0.3) is 0 Å². The highest BCUT2D eigenvalue weighted by molar-refractivity contribution is 5.51. The molecule has 0 unspecified atom stereocenters. The van der Waals surface area contributed by atoms with Crippen molar-refractivity contribution in [2.24, 2.45) is 0 Å². The van der Waals surface area contributed by atoms with Gasteiger partial charge in [0.2, 0.25) is 0 Å². The number of anilines is 1. The van der Waals surface area contributed by atoms with Gasteiger partial charge in [-0.05, 0) is 25.5 Å². The van der Waals surface area contributed by atoms with Crippen molar-refractivity contribution in [1.82, 2.24) is 10.2 Å². The Morgan fingerprint density at radius 1 is 1.31 bits per heavy atom. The number of H-pyrrole nitrogens is 1. The molecule has 1 heterocycles. The van der Waals surface area contributed by atoms with E-state index in [-0.39, 0.29) is 0 Å². The fourth-order valence-electron chi connectivity index (χ4n) is 1.46. The highest BCUT2D eigenvalue weighted by Crippen LogP contribution is 2.29. The number of nitrogen functional groups attached to an aromatic ring is 1. The SMILES string of the molecule is CCc1n[nH]c(N)c1Oc1ccc(C)cc1. The Morgan fingerprint density at radius 3 is 2.62 bits per heavy atom. The van der Waals surface area contributed by atoms with Gasteiger partial charge in [0.05, 0.1) is 0 Å². The molecule has 0 bridgehead atoms. The molecule has 16 heavy (non-hydrogen) atoms. The number of nitrogens with two attached hydrogens (primary N) is 1. The lowest BCUT2D eigenvalue weighted by atomic mass is 10.2. The van der Waals surface area contributed by atoms with Crippen LogP contribution in [0, 0.1) is 6.92 Å². The fourth-order valence-corrected chi connectivity index (χ4v) is 1.46. The van der Waals surface area contributed by atoms with Crippen molar-refractivity contribution in [2.45, 2.75) is 20.3 Å². The summed E-state index contributed by atoms with van der Waals surface area (Å²) in [6.07, 6.45) is 0.787. The third-order valence-corrected chi connectivity index (χ3v) is 2.39. The molecular weight excluding hydrogens is 202 g/mol. The van der Waals surface area contributed by atoms with E-state index in [2.05, 4.69) is 10.2 Å². The first kappa shape index (κ1) is 10.5. The molecule has 0 spiro atoms. The number of aromatic amines is 1. The highest BCUT2D eigenvalue weighted by atomic mass is 16.5. The third-order valence-electron chi connectivity index (χ3n) is 2.39. The lowest BCUT2D eigenvalue weighted by Crippen LogP contribution is -1.92. The lowest BCUT2D eigenvalue weighted by Gasteiger charge is -2.06. The Balaban J connectivity index is 2.26. The highest BCUT2D eigenvalue weighted by Gasteiger charge is 2.11. The van der Waals surface area contributed by atoms with Crippen molar-refractivity contribution in [2.75, 3.05) is 5.73 Å². The molecule has 0 aliphatic rings. The monoisotopic (exact) mass is 217 g/mol. The maximum atomic E-state index is 5.75. The van der Waals surface area contributed by atoms with Crippen molar-refractivity contribution >= 4 is 5.82 Å². The van der Waals surface area contributed by atoms with Gasteiger partial charge in [0.1, 0.15) is 11.4 Å². The molecule has 0 aliphatic carbocycles. The van der Waals surface area contributed by atoms with Crippen molar-refractivity contribution < 1.29 is 4.74 Å². The predicted octanol–water partition coefficient (Wildman–Crippen LogP) is 2.66. The van der Waals surface area contributed by atoms with Crippen LogP contribution in [-0.2, 0) is 6.42 Å². The molecule has 84 valence electrons. The predicted molar refractivity (Wildman–Crippen MR) is 63.6 cm³/mol. The second-order valence-electron chi connectivity index (χ2n) is 3.68. The quantitative estimate of drug-likeness (QED) is 0.830. The largest absolute Gasteiger partial charge is 0.452 e. The van der Waals surface area contributed by atoms with E-state index in [1.165, 1.54) is 5.56 Å². The standard InChI is InChI=1S/C12H15N3O/c1-3-10-11(12(13)15-14-10)16-9-6-4-8(2)5-7-9/h4-7H,3H2,1-2H3,(H3,13,14,15). The molecule has 0 radical (unpaired) electrons. The van der Waals surface area contributed by atoms with Gasteiger partial charge >= 0.3 is 0 Å². The number of aryl methyl sites for hydroxylation is 2. The molecule has 0 saturated carbocycles. The van der Waals surface area contributed by atoms with Gasteiger partial charge in [-0.1, -0.05) is 24.6 Å². The average molecular weight is 217 g/mol. The fraction of sp³-hybridized carbons (Fsp3) is 0.250. The summed E-state index contributed by atoms with van der Waals surface area (Å²) in [7, 11) is 0. The molecule has 4 heteroatoms. The lowest BCUT2D eigenvalue weighted by molar-refractivity contribution is 0.479. The molecule has 4 nitrogen and oxygen atoms in total. The zero-order chi connectivity index (χ0) is 11.5. The minimum absolute atomic E-state index is 0.470. The minimum atomic E-state index is 0.470. The van der Waals surface area contributed by atoms with Gasteiger partial charge in [-0.25, -0.2) is 0 Å². The Labute approximate surface area is 94.4 Å². The van der Waals surface area contributed by atoms with Crippen molar-refractivity contribution in [1.29, 1.82) is 0 Å². The Morgan fingerprint density at radius 2 is 2.00 bits per heavy atom. The molecular formula is C12H15N3O. The van der Waals surface area contributed by atoms with Crippen LogP contribution in [0.3, 0.4) is 0 Å². The summed E-state index contributed by atoms with van der Waals surface area (Å²) in [6.45, 7) is 4.05. The van der Waals surface area contributed by atoms with Crippen LogP contribution in [0.25, 0.3) is 0 Å². The molecule has 2 rings (SSSR count). The first-order valence-electron chi connectivity index (χ1n) is 5.28. The van der Waals surface area contributed by atoms with E-state index in [1.54, 1.807) is 0 Å². The van der Waals surface area contributed by atoms with Crippen LogP contribution >= 0.6 is 0 Å². The van der Waals surface area contributed by atoms with E-state index < -0.39 is 0 Å². The summed E-state index contributed by atoms with van der Waals surface area (Å²) in [5.74, 6) is 1.87. The average Bonchev–Trinajstić information content (AvgIpc) is 2.63. The van der Waals surface area contributed by atoms with Crippen molar-refractivity contribution in [3.63, 3.8) is 0 Å². The van der Waals surface area contributed by atoms with Gasteiger partial charge < -0.3 is 10.5 Å². The van der Waals surface area contributed by atoms with Crippen LogP contribution in [0.1, 0.15) is 18.2 Å². The maximum Gasteiger partial charge on any atom is 0.192 e. The summed E-state index contributed by atoms with van der Waals surface area (Å²) < 4.78 is 5.71. The Bertz CT molecular complexity index is 474. The number of ether oxygens (including phenoxy) is 1. The minimum Gasteiger partial charge on any atom is -0.452 e. The van der Waals surface area contributed by atoms with Crippen LogP contribution in [-0.4, -0.2) is 10.2 Å². The molecule has 1 aromatic carbocycles. The van der Waals surface area contributed by atoms with E-state index in [1.807, 2.05) is 38.1 Å². The van der Waals surface area contributed by atoms with E-state index in [4.69, 9.17) is 10.5 Å². The number of benzene rings is 1. The normalized spacial score (nSPS) is 10.4. The van der Waals surface area contributed by atoms with Crippen LogP contribution in [0.4, 0.5) is 5.82 Å². The number of hydrogen-bond acceptors (Lipinski definition) is 3. The van der Waals surface area contributed by atoms with E-state index in [9.17, 15) is 0 Å². The van der Waals surface area contributed by atoms with Crippen molar-refractivity contribution in [3.8, 4) is 11.5 Å². The van der Waals surface area contributed by atoms with Gasteiger partial charge in [-0.15, -0.1) is 0 Å². The smallest absolute Gasteiger partial charge is 0.192 e. The molecule has 0 fully saturated rings. The molecule has 0 amide bonds. The molecule has 0 atom stereocenters. The van der Waals surface area contributed by atoms with Gasteiger partial charge in [-0.2, -0.15) is 5.10 Å².